The zero-order valence-corrected chi connectivity index (χ0v) is 9.83. The lowest BCUT2D eigenvalue weighted by molar-refractivity contribution is -0.110. The second kappa shape index (κ2) is 4.85. The molecule has 0 radical (unpaired) electrons. The summed E-state index contributed by atoms with van der Waals surface area (Å²) in [5.74, 6) is -0.270. The maximum absolute atomic E-state index is 11.3. The minimum atomic E-state index is -0.282. The molecule has 84 valence electrons. The Hall–Kier alpha value is -1.06. The SMILES string of the molecule is O=C(CCl)C1=NOC(c2ccccc2Cl)C1. The Labute approximate surface area is 103 Å². The van der Waals surface area contributed by atoms with Crippen molar-refractivity contribution in [3.8, 4) is 0 Å². The van der Waals surface area contributed by atoms with Crippen molar-refractivity contribution in [3.63, 3.8) is 0 Å². The first-order valence-corrected chi connectivity index (χ1v) is 5.70. The van der Waals surface area contributed by atoms with Crippen molar-refractivity contribution in [2.24, 2.45) is 5.16 Å². The van der Waals surface area contributed by atoms with E-state index in [-0.39, 0.29) is 17.8 Å². The molecule has 0 N–H and O–H groups in total. The number of alkyl halides is 1. The van der Waals surface area contributed by atoms with E-state index in [9.17, 15) is 4.79 Å². The molecule has 1 atom stereocenters. The predicted octanol–water partition coefficient (Wildman–Crippen LogP) is 2.97. The lowest BCUT2D eigenvalue weighted by Crippen LogP contribution is -2.13. The Kier molecular flexibility index (Phi) is 3.46. The first-order chi connectivity index (χ1) is 7.72. The van der Waals surface area contributed by atoms with E-state index in [2.05, 4.69) is 5.16 Å². The van der Waals surface area contributed by atoms with E-state index < -0.39 is 0 Å². The summed E-state index contributed by atoms with van der Waals surface area (Å²) in [5.41, 5.74) is 1.21. The van der Waals surface area contributed by atoms with Crippen LogP contribution in [-0.2, 0) is 9.63 Å². The van der Waals surface area contributed by atoms with Crippen LogP contribution in [0.2, 0.25) is 5.02 Å². The fraction of sp³-hybridized carbons (Fsp3) is 0.273. The van der Waals surface area contributed by atoms with Crippen molar-refractivity contribution < 1.29 is 9.63 Å². The molecule has 0 bridgehead atoms. The maximum atomic E-state index is 11.3. The van der Waals surface area contributed by atoms with Crippen molar-refractivity contribution >= 4 is 34.7 Å². The van der Waals surface area contributed by atoms with Gasteiger partial charge in [-0.2, -0.15) is 0 Å². The number of ketones is 1. The van der Waals surface area contributed by atoms with Gasteiger partial charge in [0.1, 0.15) is 5.71 Å². The molecule has 1 heterocycles. The van der Waals surface area contributed by atoms with E-state index in [4.69, 9.17) is 28.0 Å². The van der Waals surface area contributed by atoms with Gasteiger partial charge in [0.15, 0.2) is 11.9 Å². The zero-order chi connectivity index (χ0) is 11.5. The molecule has 0 saturated heterocycles. The summed E-state index contributed by atoms with van der Waals surface area (Å²) in [7, 11) is 0. The fourth-order valence-corrected chi connectivity index (χ4v) is 1.93. The molecule has 1 aromatic rings. The number of rotatable bonds is 3. The van der Waals surface area contributed by atoms with Gasteiger partial charge in [-0.25, -0.2) is 0 Å². The maximum Gasteiger partial charge on any atom is 0.195 e. The van der Waals surface area contributed by atoms with E-state index in [0.717, 1.165) is 5.56 Å². The highest BCUT2D eigenvalue weighted by molar-refractivity contribution is 6.49. The van der Waals surface area contributed by atoms with Crippen molar-refractivity contribution in [2.45, 2.75) is 12.5 Å². The van der Waals surface area contributed by atoms with Crippen LogP contribution in [-0.4, -0.2) is 17.4 Å². The summed E-state index contributed by atoms with van der Waals surface area (Å²) in [6.45, 7) is 0. The Morgan fingerprint density at radius 1 is 1.50 bits per heavy atom. The Bertz CT molecular complexity index is 445. The molecule has 0 fully saturated rings. The minimum Gasteiger partial charge on any atom is -0.387 e. The molecule has 16 heavy (non-hydrogen) atoms. The molecule has 2 rings (SSSR count). The third kappa shape index (κ3) is 2.20. The topological polar surface area (TPSA) is 38.7 Å². The van der Waals surface area contributed by atoms with Gasteiger partial charge in [0.2, 0.25) is 0 Å². The molecule has 1 aromatic carbocycles. The van der Waals surface area contributed by atoms with Crippen LogP contribution in [0.25, 0.3) is 0 Å². The van der Waals surface area contributed by atoms with E-state index in [0.29, 0.717) is 17.2 Å². The average Bonchev–Trinajstić information content (AvgIpc) is 2.78. The summed E-state index contributed by atoms with van der Waals surface area (Å²) < 4.78 is 0. The van der Waals surface area contributed by atoms with Gasteiger partial charge < -0.3 is 4.84 Å². The van der Waals surface area contributed by atoms with E-state index in [1.807, 2.05) is 18.2 Å². The summed E-state index contributed by atoms with van der Waals surface area (Å²) >= 11 is 11.5. The van der Waals surface area contributed by atoms with Crippen LogP contribution in [0.5, 0.6) is 0 Å². The highest BCUT2D eigenvalue weighted by Crippen LogP contribution is 2.32. The zero-order valence-electron chi connectivity index (χ0n) is 8.32. The first-order valence-electron chi connectivity index (χ1n) is 4.78. The fourth-order valence-electron chi connectivity index (χ4n) is 1.52. The molecule has 0 aromatic heterocycles. The number of oxime groups is 1. The Morgan fingerprint density at radius 2 is 2.25 bits per heavy atom. The van der Waals surface area contributed by atoms with Crippen LogP contribution < -0.4 is 0 Å². The standard InChI is InChI=1S/C11H9Cl2NO2/c12-6-10(15)9-5-11(16-14-9)7-3-1-2-4-8(7)13/h1-4,11H,5-6H2. The van der Waals surface area contributed by atoms with Crippen LogP contribution in [0.3, 0.4) is 0 Å². The molecule has 0 spiro atoms. The Balaban J connectivity index is 2.12. The predicted molar refractivity (Wildman–Crippen MR) is 63.1 cm³/mol. The molecule has 5 heteroatoms. The molecular weight excluding hydrogens is 249 g/mol. The van der Waals surface area contributed by atoms with Crippen LogP contribution >= 0.6 is 23.2 Å². The Morgan fingerprint density at radius 3 is 2.94 bits per heavy atom. The lowest BCUT2D eigenvalue weighted by Gasteiger charge is -2.09. The molecule has 1 aliphatic rings. The van der Waals surface area contributed by atoms with Gasteiger partial charge in [-0.05, 0) is 6.07 Å². The highest BCUT2D eigenvalue weighted by atomic mass is 35.5. The minimum absolute atomic E-state index is 0.0720. The second-order valence-corrected chi connectivity index (χ2v) is 4.09. The highest BCUT2D eigenvalue weighted by Gasteiger charge is 2.27. The summed E-state index contributed by atoms with van der Waals surface area (Å²) in [6.07, 6.45) is 0.144. The number of benzene rings is 1. The first kappa shape index (κ1) is 11.4. The monoisotopic (exact) mass is 257 g/mol. The van der Waals surface area contributed by atoms with Crippen LogP contribution in [0.4, 0.5) is 0 Å². The number of nitrogens with zero attached hydrogens (tertiary/aromatic N) is 1. The van der Waals surface area contributed by atoms with Gasteiger partial charge in [-0.15, -0.1) is 11.6 Å². The number of halogens is 2. The quantitative estimate of drug-likeness (QED) is 0.782. The summed E-state index contributed by atoms with van der Waals surface area (Å²) in [5, 5.41) is 4.34. The van der Waals surface area contributed by atoms with Crippen molar-refractivity contribution in [3.05, 3.63) is 34.9 Å². The van der Waals surface area contributed by atoms with E-state index >= 15 is 0 Å². The van der Waals surface area contributed by atoms with Crippen molar-refractivity contribution in [1.29, 1.82) is 0 Å². The van der Waals surface area contributed by atoms with E-state index in [1.54, 1.807) is 6.07 Å². The number of carbonyl (C=O) groups is 1. The van der Waals surface area contributed by atoms with Gasteiger partial charge in [0.25, 0.3) is 0 Å². The molecule has 0 saturated carbocycles. The molecular formula is C11H9Cl2NO2. The van der Waals surface area contributed by atoms with Crippen LogP contribution in [0.1, 0.15) is 18.1 Å². The van der Waals surface area contributed by atoms with Gasteiger partial charge in [0, 0.05) is 17.0 Å². The van der Waals surface area contributed by atoms with Crippen LogP contribution in [0.15, 0.2) is 29.4 Å². The largest absolute Gasteiger partial charge is 0.387 e. The van der Waals surface area contributed by atoms with Gasteiger partial charge in [0.05, 0.1) is 5.88 Å². The molecule has 0 aliphatic carbocycles. The average molecular weight is 258 g/mol. The van der Waals surface area contributed by atoms with E-state index in [1.165, 1.54) is 0 Å². The second-order valence-electron chi connectivity index (χ2n) is 3.41. The number of carbonyl (C=O) groups excluding carboxylic acids is 1. The molecule has 1 unspecified atom stereocenters. The number of hydrogen-bond acceptors (Lipinski definition) is 3. The molecule has 3 nitrogen and oxygen atoms in total. The third-order valence-electron chi connectivity index (χ3n) is 2.36. The lowest BCUT2D eigenvalue weighted by atomic mass is 10.0. The van der Waals surface area contributed by atoms with Crippen LogP contribution in [0, 0.1) is 0 Å². The van der Waals surface area contributed by atoms with Crippen molar-refractivity contribution in [2.75, 3.05) is 5.88 Å². The summed E-state index contributed by atoms with van der Waals surface area (Å²) in [6, 6.07) is 7.34. The van der Waals surface area contributed by atoms with Gasteiger partial charge >= 0.3 is 0 Å². The molecule has 1 aliphatic heterocycles. The third-order valence-corrected chi connectivity index (χ3v) is 2.95. The van der Waals surface area contributed by atoms with Crippen molar-refractivity contribution in [1.82, 2.24) is 0 Å². The summed E-state index contributed by atoms with van der Waals surface area (Å²) in [4.78, 5) is 16.5. The number of hydrogen-bond donors (Lipinski definition) is 0. The van der Waals surface area contributed by atoms with Gasteiger partial charge in [-0.1, -0.05) is 35.0 Å². The number of Topliss-reactive ketones (excluding diaryl/α,β-unsaturated/α-hetero) is 1. The molecule has 0 amide bonds. The normalized spacial score (nSPS) is 19.1. The van der Waals surface area contributed by atoms with Gasteiger partial charge in [-0.3, -0.25) is 4.79 Å². The smallest absolute Gasteiger partial charge is 0.195 e.